The molecular weight excluding hydrogens is 456 g/mol. The number of nitrogens with one attached hydrogen (secondary N) is 2. The molecule has 2 amide bonds. The fourth-order valence-corrected chi connectivity index (χ4v) is 3.40. The second-order valence-corrected chi connectivity index (χ2v) is 7.98. The Bertz CT molecular complexity index is 1420. The Morgan fingerprint density at radius 2 is 1.79 bits per heavy atom. The maximum absolute atomic E-state index is 12.4. The van der Waals surface area contributed by atoms with Gasteiger partial charge < -0.3 is 4.74 Å². The molecule has 8 nitrogen and oxygen atoms in total. The molecule has 0 aliphatic rings. The molecule has 0 radical (unpaired) electrons. The standard InChI is InChI=1S/C25H21ClN4O4/c1-16-12-19(10-11-20(16)26)34-15-17-6-8-18(9-7-17)25(33)29-28-23(31)14-30-22-5-3-2-4-21(22)27-13-24(30)32/h2-13H,14-15H2,1H3,(H,28,31)(H,29,33). The topological polar surface area (TPSA) is 102 Å². The lowest BCUT2D eigenvalue weighted by Gasteiger charge is -2.11. The lowest BCUT2D eigenvalue weighted by molar-refractivity contribution is -0.122. The molecule has 172 valence electrons. The lowest BCUT2D eigenvalue weighted by atomic mass is 10.1. The van der Waals surface area contributed by atoms with Crippen molar-refractivity contribution in [2.24, 2.45) is 0 Å². The number of para-hydroxylation sites is 2. The molecule has 0 aliphatic carbocycles. The fraction of sp³-hybridized carbons (Fsp3) is 0.120. The number of benzene rings is 3. The van der Waals surface area contributed by atoms with E-state index in [-0.39, 0.29) is 6.54 Å². The summed E-state index contributed by atoms with van der Waals surface area (Å²) < 4.78 is 7.05. The molecule has 1 heterocycles. The highest BCUT2D eigenvalue weighted by atomic mass is 35.5. The van der Waals surface area contributed by atoms with Crippen LogP contribution in [-0.2, 0) is 17.9 Å². The molecule has 0 unspecified atom stereocenters. The van der Waals surface area contributed by atoms with Gasteiger partial charge in [0.05, 0.1) is 17.2 Å². The zero-order valence-electron chi connectivity index (χ0n) is 18.2. The number of rotatable bonds is 6. The summed E-state index contributed by atoms with van der Waals surface area (Å²) in [6, 6.07) is 19.2. The molecule has 0 spiro atoms. The maximum atomic E-state index is 12.4. The third-order valence-corrected chi connectivity index (χ3v) is 5.54. The van der Waals surface area contributed by atoms with Gasteiger partial charge in [-0.25, -0.2) is 4.98 Å². The molecule has 0 aliphatic heterocycles. The van der Waals surface area contributed by atoms with Crippen molar-refractivity contribution in [2.75, 3.05) is 0 Å². The van der Waals surface area contributed by atoms with Crippen molar-refractivity contribution in [3.05, 3.63) is 105 Å². The van der Waals surface area contributed by atoms with E-state index in [1.54, 1.807) is 60.7 Å². The minimum atomic E-state index is -0.546. The number of hydrazine groups is 1. The van der Waals surface area contributed by atoms with Gasteiger partial charge in [0.25, 0.3) is 17.4 Å². The molecular formula is C25H21ClN4O4. The zero-order chi connectivity index (χ0) is 24.1. The van der Waals surface area contributed by atoms with Crippen LogP contribution in [0.2, 0.25) is 5.02 Å². The van der Waals surface area contributed by atoms with Crippen LogP contribution in [0.1, 0.15) is 21.5 Å². The highest BCUT2D eigenvalue weighted by Crippen LogP contribution is 2.22. The number of carbonyl (C=O) groups is 2. The first-order valence-electron chi connectivity index (χ1n) is 10.4. The fourth-order valence-electron chi connectivity index (χ4n) is 3.29. The second kappa shape index (κ2) is 10.2. The first-order valence-corrected chi connectivity index (χ1v) is 10.8. The number of fused-ring (bicyclic) bond motifs is 1. The van der Waals surface area contributed by atoms with Crippen molar-refractivity contribution in [1.29, 1.82) is 0 Å². The van der Waals surface area contributed by atoms with Crippen LogP contribution in [0.3, 0.4) is 0 Å². The van der Waals surface area contributed by atoms with Gasteiger partial charge in [-0.3, -0.25) is 29.8 Å². The van der Waals surface area contributed by atoms with Crippen LogP contribution in [0.5, 0.6) is 5.75 Å². The van der Waals surface area contributed by atoms with Crippen molar-refractivity contribution in [2.45, 2.75) is 20.1 Å². The van der Waals surface area contributed by atoms with Crippen molar-refractivity contribution in [3.8, 4) is 5.75 Å². The third kappa shape index (κ3) is 5.41. The van der Waals surface area contributed by atoms with Crippen LogP contribution in [0, 0.1) is 6.92 Å². The molecule has 0 saturated carbocycles. The number of nitrogens with zero attached hydrogens (tertiary/aromatic N) is 2. The van der Waals surface area contributed by atoms with Gasteiger partial charge >= 0.3 is 0 Å². The second-order valence-electron chi connectivity index (χ2n) is 7.57. The van der Waals surface area contributed by atoms with E-state index in [9.17, 15) is 14.4 Å². The molecule has 9 heteroatoms. The summed E-state index contributed by atoms with van der Waals surface area (Å²) in [7, 11) is 0. The van der Waals surface area contributed by atoms with Gasteiger partial charge in [0.1, 0.15) is 18.9 Å². The number of halogens is 1. The molecule has 34 heavy (non-hydrogen) atoms. The summed E-state index contributed by atoms with van der Waals surface area (Å²) in [4.78, 5) is 40.9. The first kappa shape index (κ1) is 23.0. The van der Waals surface area contributed by atoms with E-state index in [1.807, 2.05) is 13.0 Å². The van der Waals surface area contributed by atoms with E-state index >= 15 is 0 Å². The molecule has 4 aromatic rings. The Morgan fingerprint density at radius 1 is 1.03 bits per heavy atom. The summed E-state index contributed by atoms with van der Waals surface area (Å²) in [6.07, 6.45) is 1.16. The largest absolute Gasteiger partial charge is 0.489 e. The van der Waals surface area contributed by atoms with Gasteiger partial charge in [0.15, 0.2) is 0 Å². The highest BCUT2D eigenvalue weighted by Gasteiger charge is 2.11. The Labute approximate surface area is 200 Å². The zero-order valence-corrected chi connectivity index (χ0v) is 19.0. The Hall–Kier alpha value is -4.17. The maximum Gasteiger partial charge on any atom is 0.269 e. The normalized spacial score (nSPS) is 10.6. The van der Waals surface area contributed by atoms with Crippen LogP contribution in [0.4, 0.5) is 0 Å². The monoisotopic (exact) mass is 476 g/mol. The number of aryl methyl sites for hydroxylation is 1. The van der Waals surface area contributed by atoms with Gasteiger partial charge in [-0.05, 0) is 60.5 Å². The number of aromatic nitrogens is 2. The summed E-state index contributed by atoms with van der Waals surface area (Å²) in [5.74, 6) is -0.330. The predicted octanol–water partition coefficient (Wildman–Crippen LogP) is 3.40. The van der Waals surface area contributed by atoms with Crippen molar-refractivity contribution >= 4 is 34.4 Å². The third-order valence-electron chi connectivity index (χ3n) is 5.12. The molecule has 4 rings (SSSR count). The molecule has 2 N–H and O–H groups in total. The lowest BCUT2D eigenvalue weighted by Crippen LogP contribution is -2.44. The van der Waals surface area contributed by atoms with Crippen LogP contribution >= 0.6 is 11.6 Å². The van der Waals surface area contributed by atoms with E-state index < -0.39 is 17.4 Å². The van der Waals surface area contributed by atoms with Crippen LogP contribution in [0.25, 0.3) is 11.0 Å². The summed E-state index contributed by atoms with van der Waals surface area (Å²) in [5.41, 5.74) is 7.57. The average molecular weight is 477 g/mol. The van der Waals surface area contributed by atoms with Gasteiger partial charge in [-0.2, -0.15) is 0 Å². The molecule has 0 bridgehead atoms. The number of amides is 2. The molecule has 0 atom stereocenters. The number of hydrogen-bond acceptors (Lipinski definition) is 5. The number of ether oxygens (including phenoxy) is 1. The molecule has 1 aromatic heterocycles. The van der Waals surface area contributed by atoms with Crippen LogP contribution < -0.4 is 21.1 Å². The van der Waals surface area contributed by atoms with Gasteiger partial charge in [-0.1, -0.05) is 35.9 Å². The van der Waals surface area contributed by atoms with Gasteiger partial charge in [0, 0.05) is 10.6 Å². The van der Waals surface area contributed by atoms with Gasteiger partial charge in [-0.15, -0.1) is 0 Å². The quantitative estimate of drug-likeness (QED) is 0.415. The van der Waals surface area contributed by atoms with Crippen molar-refractivity contribution < 1.29 is 14.3 Å². The van der Waals surface area contributed by atoms with E-state index in [2.05, 4.69) is 15.8 Å². The van der Waals surface area contributed by atoms with Crippen LogP contribution in [0.15, 0.2) is 77.7 Å². The Balaban J connectivity index is 1.32. The molecule has 0 saturated heterocycles. The van der Waals surface area contributed by atoms with Gasteiger partial charge in [0.2, 0.25) is 0 Å². The van der Waals surface area contributed by atoms with E-state index in [0.717, 1.165) is 17.3 Å². The number of carbonyl (C=O) groups excluding carboxylic acids is 2. The van der Waals surface area contributed by atoms with E-state index in [1.165, 1.54) is 4.57 Å². The average Bonchev–Trinajstić information content (AvgIpc) is 2.85. The Morgan fingerprint density at radius 3 is 2.56 bits per heavy atom. The van der Waals surface area contributed by atoms with Crippen molar-refractivity contribution in [3.63, 3.8) is 0 Å². The minimum Gasteiger partial charge on any atom is -0.489 e. The summed E-state index contributed by atoms with van der Waals surface area (Å²) in [5, 5.41) is 0.677. The summed E-state index contributed by atoms with van der Waals surface area (Å²) in [6.45, 7) is 1.97. The first-order chi connectivity index (χ1) is 16.4. The number of hydrogen-bond donors (Lipinski definition) is 2. The molecule has 0 fully saturated rings. The highest BCUT2D eigenvalue weighted by molar-refractivity contribution is 6.31. The van der Waals surface area contributed by atoms with E-state index in [4.69, 9.17) is 16.3 Å². The molecule has 3 aromatic carbocycles. The smallest absolute Gasteiger partial charge is 0.269 e. The summed E-state index contributed by atoms with van der Waals surface area (Å²) >= 11 is 6.02. The Kier molecular flexibility index (Phi) is 6.89. The SMILES string of the molecule is Cc1cc(OCc2ccc(C(=O)NNC(=O)Cn3c(=O)cnc4ccccc43)cc2)ccc1Cl. The predicted molar refractivity (Wildman–Crippen MR) is 129 cm³/mol. The minimum absolute atomic E-state index is 0.261. The van der Waals surface area contributed by atoms with E-state index in [0.29, 0.717) is 34.0 Å². The van der Waals surface area contributed by atoms with Crippen molar-refractivity contribution in [1.82, 2.24) is 20.4 Å². The van der Waals surface area contributed by atoms with Crippen LogP contribution in [-0.4, -0.2) is 21.4 Å².